The van der Waals surface area contributed by atoms with E-state index in [-0.39, 0.29) is 12.5 Å². The Morgan fingerprint density at radius 1 is 1.15 bits per heavy atom. The predicted octanol–water partition coefficient (Wildman–Crippen LogP) is 6.52. The lowest BCUT2D eigenvalue weighted by atomic mass is 9.87. The van der Waals surface area contributed by atoms with Crippen LogP contribution in [0.2, 0.25) is 5.02 Å². The van der Waals surface area contributed by atoms with Crippen LogP contribution in [0.4, 0.5) is 5.69 Å². The normalized spacial score (nSPS) is 14.4. The molecule has 0 spiro atoms. The van der Waals surface area contributed by atoms with E-state index in [0.717, 1.165) is 25.5 Å². The molecule has 3 aromatic rings. The van der Waals surface area contributed by atoms with Gasteiger partial charge in [0.15, 0.2) is 6.61 Å². The number of rotatable bonds is 3. The molecule has 2 aromatic carbocycles. The number of fused-ring (bicyclic) bond motifs is 3. The molecule has 0 saturated heterocycles. The van der Waals surface area contributed by atoms with Gasteiger partial charge in [0, 0.05) is 16.1 Å². The average molecular weight is 434 g/mol. The molecule has 138 valence electrons. The molecule has 4 rings (SSSR count). The van der Waals surface area contributed by atoms with Gasteiger partial charge in [0.25, 0.3) is 5.91 Å². The first-order valence-electron chi connectivity index (χ1n) is 8.34. The number of benzene rings is 2. The molecule has 0 radical (unpaired) electrons. The van der Waals surface area contributed by atoms with Crippen LogP contribution < -0.4 is 9.64 Å². The van der Waals surface area contributed by atoms with Crippen molar-refractivity contribution < 1.29 is 9.53 Å². The first kappa shape index (κ1) is 18.6. The van der Waals surface area contributed by atoms with Gasteiger partial charge >= 0.3 is 0 Å². The third-order valence-electron chi connectivity index (χ3n) is 4.59. The molecule has 0 unspecified atom stereocenters. The van der Waals surface area contributed by atoms with Gasteiger partial charge < -0.3 is 4.74 Å². The molecule has 2 heterocycles. The Morgan fingerprint density at radius 3 is 2.59 bits per heavy atom. The molecule has 7 heteroatoms. The topological polar surface area (TPSA) is 29.5 Å². The van der Waals surface area contributed by atoms with Gasteiger partial charge in [-0.25, -0.2) is 0 Å². The number of carbonyl (C=O) groups excluding carboxylic acids is 1. The van der Waals surface area contributed by atoms with E-state index < -0.39 is 5.54 Å². The predicted molar refractivity (Wildman–Crippen MR) is 116 cm³/mol. The Kier molecular flexibility index (Phi) is 4.84. The molecule has 1 aromatic heterocycles. The van der Waals surface area contributed by atoms with Gasteiger partial charge in [0.2, 0.25) is 0 Å². The molecule has 1 amide bonds. The van der Waals surface area contributed by atoms with E-state index in [9.17, 15) is 4.79 Å². The number of hydrogen-bond acceptors (Lipinski definition) is 5. The summed E-state index contributed by atoms with van der Waals surface area (Å²) >= 11 is 11.5. The molecular formula is C20H16ClNO2S3. The van der Waals surface area contributed by atoms with Crippen molar-refractivity contribution in [3.63, 3.8) is 0 Å². The highest BCUT2D eigenvalue weighted by molar-refractivity contribution is 7.80. The minimum atomic E-state index is -0.498. The molecule has 1 aliphatic rings. The maximum absolute atomic E-state index is 13.2. The van der Waals surface area contributed by atoms with Crippen LogP contribution >= 0.6 is 44.5 Å². The SMILES string of the molecule is CC1(C)c2ssc(=S)c2-c2ccccc2N1C(=O)COc1ccc(Cl)cc1. The van der Waals surface area contributed by atoms with Crippen molar-refractivity contribution in [3.05, 3.63) is 62.3 Å². The Balaban J connectivity index is 1.70. The molecule has 0 atom stereocenters. The van der Waals surface area contributed by atoms with Gasteiger partial charge in [-0.15, -0.1) is 0 Å². The number of para-hydroxylation sites is 1. The van der Waals surface area contributed by atoms with E-state index in [0.29, 0.717) is 10.8 Å². The quantitative estimate of drug-likeness (QED) is 0.348. The molecule has 1 aliphatic heterocycles. The third kappa shape index (κ3) is 3.21. The summed E-state index contributed by atoms with van der Waals surface area (Å²) in [4.78, 5) is 16.1. The van der Waals surface area contributed by atoms with Crippen molar-refractivity contribution in [3.8, 4) is 16.9 Å². The molecule has 0 saturated carbocycles. The standard InChI is InChI=1S/C20H16ClNO2S3/c1-20(2)18-17(19(25)27-26-18)14-5-3-4-6-15(14)22(20)16(23)11-24-13-9-7-12(21)8-10-13/h3-10H,11H2,1-2H3. The Hall–Kier alpha value is -1.73. The molecule has 0 fully saturated rings. The monoisotopic (exact) mass is 433 g/mol. The summed E-state index contributed by atoms with van der Waals surface area (Å²) in [5.41, 5.74) is 2.47. The summed E-state index contributed by atoms with van der Waals surface area (Å²) in [6.07, 6.45) is 0. The number of halogens is 1. The number of ether oxygens (including phenoxy) is 1. The second kappa shape index (κ2) is 7.02. The van der Waals surface area contributed by atoms with Gasteiger partial charge in [0.05, 0.1) is 16.1 Å². The Morgan fingerprint density at radius 2 is 1.85 bits per heavy atom. The summed E-state index contributed by atoms with van der Waals surface area (Å²) in [6.45, 7) is 4.06. The van der Waals surface area contributed by atoms with E-state index in [1.807, 2.05) is 29.2 Å². The van der Waals surface area contributed by atoms with Crippen molar-refractivity contribution in [2.24, 2.45) is 0 Å². The van der Waals surface area contributed by atoms with E-state index in [2.05, 4.69) is 13.8 Å². The molecule has 0 N–H and O–H groups in total. The molecule has 3 nitrogen and oxygen atoms in total. The zero-order chi connectivity index (χ0) is 19.2. The number of nitrogens with zero attached hydrogens (tertiary/aromatic N) is 1. The van der Waals surface area contributed by atoms with Crippen LogP contribution in [0.15, 0.2) is 48.5 Å². The average Bonchev–Trinajstić information content (AvgIpc) is 3.04. The fourth-order valence-electron chi connectivity index (χ4n) is 3.36. The van der Waals surface area contributed by atoms with Crippen LogP contribution in [-0.2, 0) is 10.3 Å². The van der Waals surface area contributed by atoms with E-state index in [1.165, 1.54) is 0 Å². The van der Waals surface area contributed by atoms with E-state index >= 15 is 0 Å². The van der Waals surface area contributed by atoms with Gasteiger partial charge in [-0.1, -0.05) is 62.7 Å². The second-order valence-electron chi connectivity index (χ2n) is 6.71. The zero-order valence-electron chi connectivity index (χ0n) is 14.7. The van der Waals surface area contributed by atoms with Crippen LogP contribution in [0.5, 0.6) is 5.75 Å². The van der Waals surface area contributed by atoms with E-state index in [4.69, 9.17) is 28.6 Å². The Labute approximate surface area is 175 Å². The summed E-state index contributed by atoms with van der Waals surface area (Å²) < 4.78 is 6.59. The van der Waals surface area contributed by atoms with Crippen molar-refractivity contribution in [2.75, 3.05) is 11.5 Å². The molecule has 27 heavy (non-hydrogen) atoms. The summed E-state index contributed by atoms with van der Waals surface area (Å²) in [7, 11) is 3.23. The van der Waals surface area contributed by atoms with Crippen LogP contribution in [-0.4, -0.2) is 12.5 Å². The number of amides is 1. The number of carbonyl (C=O) groups is 1. The zero-order valence-corrected chi connectivity index (χ0v) is 17.9. The maximum atomic E-state index is 13.2. The van der Waals surface area contributed by atoms with Gasteiger partial charge in [0.1, 0.15) is 9.57 Å². The van der Waals surface area contributed by atoms with Gasteiger partial charge in [-0.3, -0.25) is 9.69 Å². The van der Waals surface area contributed by atoms with E-state index in [1.54, 1.807) is 44.9 Å². The van der Waals surface area contributed by atoms with Crippen LogP contribution in [0.3, 0.4) is 0 Å². The summed E-state index contributed by atoms with van der Waals surface area (Å²) in [5.74, 6) is 0.514. The van der Waals surface area contributed by atoms with Crippen molar-refractivity contribution in [2.45, 2.75) is 19.4 Å². The first-order valence-corrected chi connectivity index (χ1v) is 11.3. The highest BCUT2D eigenvalue weighted by Crippen LogP contribution is 2.51. The van der Waals surface area contributed by atoms with Crippen molar-refractivity contribution in [1.29, 1.82) is 0 Å². The molecular weight excluding hydrogens is 418 g/mol. The smallest absolute Gasteiger partial charge is 0.265 e. The summed E-state index contributed by atoms with van der Waals surface area (Å²) in [6, 6.07) is 14.9. The Bertz CT molecular complexity index is 1070. The lowest BCUT2D eigenvalue weighted by molar-refractivity contribution is -0.121. The van der Waals surface area contributed by atoms with Crippen LogP contribution in [0, 0.1) is 3.82 Å². The summed E-state index contributed by atoms with van der Waals surface area (Å²) in [5, 5.41) is 0.631. The third-order valence-corrected chi connectivity index (χ3v) is 8.17. The van der Waals surface area contributed by atoms with Crippen molar-refractivity contribution >= 4 is 56.1 Å². The lowest BCUT2D eigenvalue weighted by Gasteiger charge is -2.42. The highest BCUT2D eigenvalue weighted by Gasteiger charge is 2.42. The maximum Gasteiger partial charge on any atom is 0.265 e. The lowest BCUT2D eigenvalue weighted by Crippen LogP contribution is -2.49. The van der Waals surface area contributed by atoms with Crippen LogP contribution in [0.1, 0.15) is 18.7 Å². The van der Waals surface area contributed by atoms with Gasteiger partial charge in [-0.05, 0) is 44.2 Å². The largest absolute Gasteiger partial charge is 0.484 e. The van der Waals surface area contributed by atoms with Crippen LogP contribution in [0.25, 0.3) is 11.1 Å². The first-order chi connectivity index (χ1) is 12.9. The fourth-order valence-corrected chi connectivity index (χ4v) is 6.77. The fraction of sp³-hybridized carbons (Fsp3) is 0.200. The highest BCUT2D eigenvalue weighted by atomic mass is 35.5. The molecule has 0 aliphatic carbocycles. The van der Waals surface area contributed by atoms with Crippen molar-refractivity contribution in [1.82, 2.24) is 0 Å². The second-order valence-corrected chi connectivity index (χ2v) is 9.96. The minimum Gasteiger partial charge on any atom is -0.484 e. The minimum absolute atomic E-state index is 0.0513. The number of anilines is 1. The molecule has 0 bridgehead atoms. The van der Waals surface area contributed by atoms with Gasteiger partial charge in [-0.2, -0.15) is 0 Å². The number of hydrogen-bond donors (Lipinski definition) is 0.